The summed E-state index contributed by atoms with van der Waals surface area (Å²) in [6.07, 6.45) is 7.58. The highest BCUT2D eigenvalue weighted by Crippen LogP contribution is 2.22. The fraction of sp³-hybridized carbons (Fsp3) is 0.632. The Labute approximate surface area is 139 Å². The van der Waals surface area contributed by atoms with Crippen molar-refractivity contribution in [2.75, 3.05) is 19.6 Å². The first-order valence-electron chi connectivity index (χ1n) is 9.08. The van der Waals surface area contributed by atoms with Crippen LogP contribution in [0.25, 0.3) is 0 Å². The Kier molecular flexibility index (Phi) is 5.55. The third-order valence-corrected chi connectivity index (χ3v) is 4.97. The van der Waals surface area contributed by atoms with Gasteiger partial charge in [0.2, 0.25) is 0 Å². The van der Waals surface area contributed by atoms with Crippen LogP contribution in [0.3, 0.4) is 0 Å². The van der Waals surface area contributed by atoms with Crippen molar-refractivity contribution in [3.05, 3.63) is 34.9 Å². The fourth-order valence-electron chi connectivity index (χ4n) is 3.77. The van der Waals surface area contributed by atoms with Gasteiger partial charge in [0.1, 0.15) is 0 Å². The maximum Gasteiger partial charge on any atom is 0.315 e. The minimum Gasteiger partial charge on any atom is -0.334 e. The van der Waals surface area contributed by atoms with E-state index < -0.39 is 0 Å². The largest absolute Gasteiger partial charge is 0.334 e. The Bertz CT molecular complexity index is 537. The minimum atomic E-state index is -0.0602. The van der Waals surface area contributed by atoms with Gasteiger partial charge in [-0.15, -0.1) is 0 Å². The fourth-order valence-corrected chi connectivity index (χ4v) is 3.77. The van der Waals surface area contributed by atoms with E-state index in [1.807, 2.05) is 0 Å². The lowest BCUT2D eigenvalue weighted by molar-refractivity contribution is 0.203. The molecule has 1 heterocycles. The average molecular weight is 315 g/mol. The molecule has 0 spiro atoms. The molecule has 4 heteroatoms. The monoisotopic (exact) mass is 315 g/mol. The van der Waals surface area contributed by atoms with Crippen LogP contribution < -0.4 is 10.6 Å². The van der Waals surface area contributed by atoms with Crippen LogP contribution >= 0.6 is 0 Å². The van der Waals surface area contributed by atoms with E-state index in [0.29, 0.717) is 6.54 Å². The molecule has 2 amide bonds. The van der Waals surface area contributed by atoms with Gasteiger partial charge < -0.3 is 15.5 Å². The Morgan fingerprint density at radius 2 is 1.91 bits per heavy atom. The lowest BCUT2D eigenvalue weighted by Crippen LogP contribution is -2.46. The number of amides is 2. The van der Waals surface area contributed by atoms with Crippen molar-refractivity contribution < 1.29 is 4.79 Å². The molecule has 2 N–H and O–H groups in total. The third-order valence-electron chi connectivity index (χ3n) is 4.97. The molecule has 1 aliphatic heterocycles. The number of piperidine rings is 1. The summed E-state index contributed by atoms with van der Waals surface area (Å²) < 4.78 is 0. The highest BCUT2D eigenvalue weighted by molar-refractivity contribution is 5.74. The zero-order valence-electron chi connectivity index (χ0n) is 14.2. The molecule has 1 aromatic carbocycles. The van der Waals surface area contributed by atoms with E-state index >= 15 is 0 Å². The van der Waals surface area contributed by atoms with Crippen molar-refractivity contribution in [2.24, 2.45) is 0 Å². The topological polar surface area (TPSA) is 44.4 Å². The molecule has 3 rings (SSSR count). The number of carbonyl (C=O) groups is 1. The number of hydrogen-bond acceptors (Lipinski definition) is 2. The van der Waals surface area contributed by atoms with E-state index in [2.05, 4.69) is 40.7 Å². The van der Waals surface area contributed by atoms with Gasteiger partial charge >= 0.3 is 6.03 Å². The average Bonchev–Trinajstić information content (AvgIpc) is 3.01. The Morgan fingerprint density at radius 1 is 1.13 bits per heavy atom. The van der Waals surface area contributed by atoms with E-state index in [9.17, 15) is 4.79 Å². The second-order valence-corrected chi connectivity index (χ2v) is 7.05. The van der Waals surface area contributed by atoms with Crippen LogP contribution in [0.5, 0.6) is 0 Å². The Balaban J connectivity index is 1.40. The first-order chi connectivity index (χ1) is 11.2. The van der Waals surface area contributed by atoms with Crippen LogP contribution in [-0.4, -0.2) is 36.6 Å². The summed E-state index contributed by atoms with van der Waals surface area (Å²) in [7, 11) is 0. The van der Waals surface area contributed by atoms with Crippen LogP contribution in [-0.2, 0) is 19.4 Å². The molecule has 4 nitrogen and oxygen atoms in total. The molecule has 0 bridgehead atoms. The summed E-state index contributed by atoms with van der Waals surface area (Å²) in [5.74, 6) is 0. The number of hydrogen-bond donors (Lipinski definition) is 2. The quantitative estimate of drug-likeness (QED) is 0.877. The number of nitrogens with zero attached hydrogens (tertiary/aromatic N) is 1. The zero-order valence-corrected chi connectivity index (χ0v) is 14.2. The number of rotatable bonds is 5. The molecule has 0 radical (unpaired) electrons. The Morgan fingerprint density at radius 3 is 2.74 bits per heavy atom. The number of nitrogens with one attached hydrogen (secondary N) is 2. The number of benzene rings is 1. The van der Waals surface area contributed by atoms with Crippen molar-refractivity contribution in [3.63, 3.8) is 0 Å². The summed E-state index contributed by atoms with van der Waals surface area (Å²) in [5, 5.41) is 6.05. The molecule has 1 unspecified atom stereocenters. The maximum absolute atomic E-state index is 12.1. The summed E-state index contributed by atoms with van der Waals surface area (Å²) >= 11 is 0. The smallest absolute Gasteiger partial charge is 0.315 e. The van der Waals surface area contributed by atoms with Crippen LogP contribution in [0.15, 0.2) is 18.2 Å². The second kappa shape index (κ2) is 7.82. The van der Waals surface area contributed by atoms with E-state index in [1.54, 1.807) is 0 Å². The van der Waals surface area contributed by atoms with Crippen LogP contribution in [0, 0.1) is 0 Å². The minimum absolute atomic E-state index is 0.0602. The molecule has 1 atom stereocenters. The Hall–Kier alpha value is -1.55. The van der Waals surface area contributed by atoms with Crippen molar-refractivity contribution in [1.29, 1.82) is 0 Å². The standard InChI is InChI=1S/C19H29N3O/c1-15(14-22-10-3-2-4-11-22)21-19(23)20-13-16-8-9-17-6-5-7-18(17)12-16/h8-9,12,15H,2-7,10-11,13-14H2,1H3,(H2,20,21,23). The molecular weight excluding hydrogens is 286 g/mol. The number of likely N-dealkylation sites (tertiary alicyclic amines) is 1. The van der Waals surface area contributed by atoms with Gasteiger partial charge in [-0.25, -0.2) is 4.79 Å². The van der Waals surface area contributed by atoms with Crippen LogP contribution in [0.1, 0.15) is 49.3 Å². The van der Waals surface area contributed by atoms with Gasteiger partial charge in [0.25, 0.3) is 0 Å². The first-order valence-corrected chi connectivity index (χ1v) is 9.08. The normalized spacial score (nSPS) is 19.2. The zero-order chi connectivity index (χ0) is 16.1. The first kappa shape index (κ1) is 16.3. The van der Waals surface area contributed by atoms with Crippen molar-refractivity contribution in [3.8, 4) is 0 Å². The summed E-state index contributed by atoms with van der Waals surface area (Å²) in [6, 6.07) is 6.74. The SMILES string of the molecule is CC(CN1CCCCC1)NC(=O)NCc1ccc2c(c1)CCC2. The predicted octanol–water partition coefficient (Wildman–Crippen LogP) is 2.85. The number of aryl methyl sites for hydroxylation is 2. The summed E-state index contributed by atoms with van der Waals surface area (Å²) in [6.45, 7) is 5.98. The van der Waals surface area contributed by atoms with E-state index in [1.165, 1.54) is 68.3 Å². The lowest BCUT2D eigenvalue weighted by atomic mass is 10.1. The predicted molar refractivity (Wildman–Crippen MR) is 93.6 cm³/mol. The number of carbonyl (C=O) groups excluding carboxylic acids is 1. The van der Waals surface area contributed by atoms with Gasteiger partial charge in [0, 0.05) is 19.1 Å². The number of fused-ring (bicyclic) bond motifs is 1. The van der Waals surface area contributed by atoms with Gasteiger partial charge in [-0.1, -0.05) is 24.6 Å². The van der Waals surface area contributed by atoms with Crippen molar-refractivity contribution in [2.45, 2.75) is 58.0 Å². The molecule has 0 saturated carbocycles. The molecule has 2 aliphatic rings. The maximum atomic E-state index is 12.1. The highest BCUT2D eigenvalue weighted by Gasteiger charge is 2.15. The molecule has 126 valence electrons. The van der Waals surface area contributed by atoms with Crippen molar-refractivity contribution in [1.82, 2.24) is 15.5 Å². The second-order valence-electron chi connectivity index (χ2n) is 7.05. The number of urea groups is 1. The lowest BCUT2D eigenvalue weighted by Gasteiger charge is -2.29. The van der Waals surface area contributed by atoms with Crippen molar-refractivity contribution >= 4 is 6.03 Å². The summed E-state index contributed by atoms with van der Waals surface area (Å²) in [5.41, 5.74) is 4.14. The van der Waals surface area contributed by atoms with Gasteiger partial charge in [-0.3, -0.25) is 0 Å². The molecule has 1 fully saturated rings. The molecule has 1 aromatic rings. The van der Waals surface area contributed by atoms with Gasteiger partial charge in [0.15, 0.2) is 0 Å². The highest BCUT2D eigenvalue weighted by atomic mass is 16.2. The molecule has 0 aromatic heterocycles. The third kappa shape index (κ3) is 4.71. The van der Waals surface area contributed by atoms with Crippen LogP contribution in [0.4, 0.5) is 4.79 Å². The van der Waals surface area contributed by atoms with Crippen LogP contribution in [0.2, 0.25) is 0 Å². The summed E-state index contributed by atoms with van der Waals surface area (Å²) in [4.78, 5) is 14.5. The van der Waals surface area contributed by atoms with E-state index in [4.69, 9.17) is 0 Å². The van der Waals surface area contributed by atoms with Gasteiger partial charge in [0.05, 0.1) is 0 Å². The molecule has 1 saturated heterocycles. The van der Waals surface area contributed by atoms with Gasteiger partial charge in [-0.2, -0.15) is 0 Å². The molecule has 23 heavy (non-hydrogen) atoms. The van der Waals surface area contributed by atoms with E-state index in [0.717, 1.165) is 6.54 Å². The molecule has 1 aliphatic carbocycles. The van der Waals surface area contributed by atoms with E-state index in [-0.39, 0.29) is 12.1 Å². The van der Waals surface area contributed by atoms with Gasteiger partial charge in [-0.05, 0) is 68.8 Å². The molecular formula is C19H29N3O.